The number of hydrogen-bond donors (Lipinski definition) is 0. The molecule has 0 aliphatic rings. The van der Waals surface area contributed by atoms with Crippen LogP contribution >= 0.6 is 0 Å². The maximum absolute atomic E-state index is 3.94. The molecule has 0 fully saturated rings. The molecule has 0 aromatic heterocycles. The molecule has 0 amide bonds. The number of rotatable bonds is 8. The van der Waals surface area contributed by atoms with Gasteiger partial charge in [-0.3, -0.25) is 0 Å². The normalized spacial score (nSPS) is 11.6. The van der Waals surface area contributed by atoms with E-state index in [1.54, 1.807) is 13.3 Å². The summed E-state index contributed by atoms with van der Waals surface area (Å²) in [4.78, 5) is 0. The van der Waals surface area contributed by atoms with E-state index in [4.69, 9.17) is 0 Å². The van der Waals surface area contributed by atoms with Crippen molar-refractivity contribution in [3.05, 3.63) is 12.7 Å². The van der Waals surface area contributed by atoms with Crippen LogP contribution in [0.15, 0.2) is 12.7 Å². The Morgan fingerprint density at radius 3 is 1.54 bits per heavy atom. The zero-order chi connectivity index (χ0) is 10.2. The third-order valence-electron chi connectivity index (χ3n) is 2.92. The van der Waals surface area contributed by atoms with E-state index in [9.17, 15) is 0 Å². The molecule has 0 atom stereocenters. The van der Waals surface area contributed by atoms with Crippen molar-refractivity contribution >= 4 is 18.4 Å². The fourth-order valence-corrected chi connectivity index (χ4v) is 17.3. The Balaban J connectivity index is 4.27. The molecule has 78 valence electrons. The van der Waals surface area contributed by atoms with Gasteiger partial charge in [0.15, 0.2) is 0 Å². The van der Waals surface area contributed by atoms with Gasteiger partial charge in [0.2, 0.25) is 0 Å². The Kier molecular flexibility index (Phi) is 8.23. The summed E-state index contributed by atoms with van der Waals surface area (Å²) in [5.74, 6) is 0. The topological polar surface area (TPSA) is 0 Å². The van der Waals surface area contributed by atoms with Crippen molar-refractivity contribution < 1.29 is 0 Å². The van der Waals surface area contributed by atoms with E-state index in [0.29, 0.717) is 0 Å². The van der Waals surface area contributed by atoms with Crippen LogP contribution in [0.4, 0.5) is 0 Å². The summed E-state index contributed by atoms with van der Waals surface area (Å²) in [7, 11) is 0. The van der Waals surface area contributed by atoms with Crippen LogP contribution in [0.1, 0.15) is 40.0 Å². The molecule has 0 aromatic carbocycles. The van der Waals surface area contributed by atoms with Crippen molar-refractivity contribution in [3.63, 3.8) is 0 Å². The van der Waals surface area contributed by atoms with Gasteiger partial charge in [-0.2, -0.15) is 0 Å². The molecule has 0 heterocycles. The van der Waals surface area contributed by atoms with Crippen LogP contribution in [0.25, 0.3) is 0 Å². The van der Waals surface area contributed by atoms with Crippen LogP contribution in [0, 0.1) is 0 Å². The second-order valence-electron chi connectivity index (χ2n) is 4.24. The molecule has 0 unspecified atom stereocenters. The molecule has 0 radical (unpaired) electrons. The van der Waals surface area contributed by atoms with E-state index in [-0.39, 0.29) is 0 Å². The van der Waals surface area contributed by atoms with Crippen molar-refractivity contribution in [2.24, 2.45) is 0 Å². The van der Waals surface area contributed by atoms with Crippen molar-refractivity contribution in [1.29, 1.82) is 0 Å². The van der Waals surface area contributed by atoms with E-state index in [1.165, 1.54) is 23.7 Å². The van der Waals surface area contributed by atoms with Gasteiger partial charge in [-0.05, 0) is 0 Å². The van der Waals surface area contributed by atoms with Crippen molar-refractivity contribution in [1.82, 2.24) is 0 Å². The monoisotopic (exact) mass is 290 g/mol. The third kappa shape index (κ3) is 5.09. The standard InChI is InChI=1S/3C3H7.C3H5.Sn/c4*1-3-2;/h3*1,3H2,2H3;3H,1-2H2;. The van der Waals surface area contributed by atoms with Crippen LogP contribution in [0.3, 0.4) is 0 Å². The number of allylic oxidation sites excluding steroid dienone is 1. The van der Waals surface area contributed by atoms with Crippen LogP contribution in [-0.2, 0) is 0 Å². The molecule has 0 aliphatic heterocycles. The van der Waals surface area contributed by atoms with Crippen LogP contribution in [0.5, 0.6) is 0 Å². The van der Waals surface area contributed by atoms with E-state index < -0.39 is 18.4 Å². The van der Waals surface area contributed by atoms with Crippen LogP contribution in [0.2, 0.25) is 17.7 Å². The summed E-state index contributed by atoms with van der Waals surface area (Å²) in [6, 6.07) is 0. The molecule has 0 rings (SSSR count). The molecular formula is C12H26Sn. The van der Waals surface area contributed by atoms with Gasteiger partial charge >= 0.3 is 88.8 Å². The molecule has 13 heavy (non-hydrogen) atoms. The predicted molar refractivity (Wildman–Crippen MR) is 66.1 cm³/mol. The van der Waals surface area contributed by atoms with Gasteiger partial charge < -0.3 is 0 Å². The fourth-order valence-electron chi connectivity index (χ4n) is 2.58. The molecule has 0 aromatic rings. The summed E-state index contributed by atoms with van der Waals surface area (Å²) < 4.78 is 6.18. The minimum absolute atomic E-state index is 1.41. The zero-order valence-corrected chi connectivity index (χ0v) is 12.6. The fraction of sp³-hybridized carbons (Fsp3) is 0.833. The van der Waals surface area contributed by atoms with E-state index in [1.807, 2.05) is 0 Å². The van der Waals surface area contributed by atoms with Gasteiger partial charge in [-0.25, -0.2) is 0 Å². The van der Waals surface area contributed by atoms with Gasteiger partial charge in [0.05, 0.1) is 0 Å². The van der Waals surface area contributed by atoms with Gasteiger partial charge in [-0.15, -0.1) is 0 Å². The minimum atomic E-state index is -1.68. The molecule has 0 saturated heterocycles. The van der Waals surface area contributed by atoms with Gasteiger partial charge in [-0.1, -0.05) is 0 Å². The average Bonchev–Trinajstić information content (AvgIpc) is 2.06. The Hall–Kier alpha value is 0.539. The van der Waals surface area contributed by atoms with Gasteiger partial charge in [0.1, 0.15) is 0 Å². The van der Waals surface area contributed by atoms with Gasteiger partial charge in [0.25, 0.3) is 0 Å². The summed E-state index contributed by atoms with van der Waals surface area (Å²) in [5, 5.41) is 0. The zero-order valence-electron chi connectivity index (χ0n) is 9.73. The summed E-state index contributed by atoms with van der Waals surface area (Å²) in [6.45, 7) is 11.0. The van der Waals surface area contributed by atoms with Crippen molar-refractivity contribution in [2.45, 2.75) is 57.8 Å². The Bertz CT molecular complexity index is 112. The first-order valence-corrected chi connectivity index (χ1v) is 13.9. The quantitative estimate of drug-likeness (QED) is 0.442. The summed E-state index contributed by atoms with van der Waals surface area (Å²) >= 11 is -1.68. The Morgan fingerprint density at radius 2 is 1.31 bits per heavy atom. The van der Waals surface area contributed by atoms with Crippen LogP contribution < -0.4 is 0 Å². The number of hydrogen-bond acceptors (Lipinski definition) is 0. The van der Waals surface area contributed by atoms with E-state index in [2.05, 4.69) is 33.4 Å². The van der Waals surface area contributed by atoms with E-state index >= 15 is 0 Å². The summed E-state index contributed by atoms with van der Waals surface area (Å²) in [5.41, 5.74) is 0. The van der Waals surface area contributed by atoms with Crippen molar-refractivity contribution in [3.8, 4) is 0 Å². The average molecular weight is 289 g/mol. The maximum atomic E-state index is 3.94. The SMILES string of the molecule is C=C[CH2][Sn]([CH2]CC)([CH2]CC)[CH2]CC. The first-order chi connectivity index (χ1) is 6.24. The molecule has 0 saturated carbocycles. The second-order valence-corrected chi connectivity index (χ2v) is 18.3. The molecule has 0 spiro atoms. The molecule has 0 nitrogen and oxygen atoms in total. The molecular weight excluding hydrogens is 263 g/mol. The molecule has 0 aliphatic carbocycles. The predicted octanol–water partition coefficient (Wildman–Crippen LogP) is 4.85. The van der Waals surface area contributed by atoms with Crippen LogP contribution in [-0.4, -0.2) is 18.4 Å². The van der Waals surface area contributed by atoms with E-state index in [0.717, 1.165) is 0 Å². The first-order valence-electron chi connectivity index (χ1n) is 5.85. The molecule has 0 N–H and O–H groups in total. The molecule has 0 bridgehead atoms. The second kappa shape index (κ2) is 7.90. The van der Waals surface area contributed by atoms with Gasteiger partial charge in [0, 0.05) is 0 Å². The summed E-state index contributed by atoms with van der Waals surface area (Å²) in [6.07, 6.45) is 6.43. The van der Waals surface area contributed by atoms with Crippen molar-refractivity contribution in [2.75, 3.05) is 0 Å². The first kappa shape index (κ1) is 13.5. The Morgan fingerprint density at radius 1 is 0.923 bits per heavy atom. The Labute approximate surface area is 88.7 Å². The molecule has 1 heteroatoms. The third-order valence-corrected chi connectivity index (χ3v) is 19.6.